The number of alkyl halides is 3. The lowest BCUT2D eigenvalue weighted by molar-refractivity contribution is -0.137. The fourth-order valence-electron chi connectivity index (χ4n) is 1.06. The summed E-state index contributed by atoms with van der Waals surface area (Å²) in [5.74, 6) is 0.0522. The summed E-state index contributed by atoms with van der Waals surface area (Å²) in [5, 5.41) is 8.16. The molecule has 0 radical (unpaired) electrons. The van der Waals surface area contributed by atoms with E-state index in [1.54, 1.807) is 0 Å². The number of pyridine rings is 1. The van der Waals surface area contributed by atoms with E-state index in [1.807, 2.05) is 0 Å². The third-order valence-corrected chi connectivity index (χ3v) is 2.11. The smallest absolute Gasteiger partial charge is 0.363 e. The molecule has 0 spiro atoms. The molecule has 1 aromatic heterocycles. The first-order chi connectivity index (χ1) is 7.27. The van der Waals surface area contributed by atoms with Gasteiger partial charge in [-0.3, -0.25) is 0 Å². The molecule has 1 heterocycles. The van der Waals surface area contributed by atoms with Gasteiger partial charge in [0, 0.05) is 14.1 Å². The number of hydrogen-bond acceptors (Lipinski definition) is 3. The molecule has 16 heavy (non-hydrogen) atoms. The maximum absolute atomic E-state index is 12.6. The van der Waals surface area contributed by atoms with Crippen LogP contribution < -0.4 is 4.90 Å². The van der Waals surface area contributed by atoms with Crippen LogP contribution in [0.5, 0.6) is 0 Å². The highest BCUT2D eigenvalue weighted by Gasteiger charge is 2.35. The lowest BCUT2D eigenvalue weighted by Gasteiger charge is -2.15. The van der Waals surface area contributed by atoms with Crippen molar-refractivity contribution in [1.29, 1.82) is 5.26 Å². The summed E-state index contributed by atoms with van der Waals surface area (Å²) in [7, 11) is 3.07. The van der Waals surface area contributed by atoms with Gasteiger partial charge in [-0.2, -0.15) is 18.4 Å². The van der Waals surface area contributed by atoms with Crippen LogP contribution >= 0.6 is 11.6 Å². The Morgan fingerprint density at radius 1 is 1.44 bits per heavy atom. The van der Waals surface area contributed by atoms with Crippen LogP contribution in [0.4, 0.5) is 19.0 Å². The number of aromatic nitrogens is 1. The van der Waals surface area contributed by atoms with Crippen molar-refractivity contribution in [1.82, 2.24) is 4.98 Å². The maximum atomic E-state index is 12.6. The minimum Gasteiger partial charge on any atom is -0.363 e. The van der Waals surface area contributed by atoms with E-state index in [1.165, 1.54) is 25.1 Å². The molecule has 0 N–H and O–H groups in total. The second-order valence-electron chi connectivity index (χ2n) is 3.20. The predicted molar refractivity (Wildman–Crippen MR) is 53.3 cm³/mol. The van der Waals surface area contributed by atoms with Crippen LogP contribution in [0.2, 0.25) is 5.15 Å². The summed E-state index contributed by atoms with van der Waals surface area (Å²) in [6.07, 6.45) is -4.62. The number of rotatable bonds is 1. The molecule has 0 bridgehead atoms. The van der Waals surface area contributed by atoms with Crippen molar-refractivity contribution in [2.75, 3.05) is 19.0 Å². The van der Waals surface area contributed by atoms with Gasteiger partial charge in [0.2, 0.25) is 0 Å². The van der Waals surface area contributed by atoms with Gasteiger partial charge in [-0.1, -0.05) is 11.6 Å². The highest BCUT2D eigenvalue weighted by atomic mass is 35.5. The maximum Gasteiger partial charge on any atom is 0.417 e. The number of anilines is 1. The lowest BCUT2D eigenvalue weighted by atomic mass is 10.1. The van der Waals surface area contributed by atoms with Crippen molar-refractivity contribution in [3.8, 4) is 6.07 Å². The Morgan fingerprint density at radius 3 is 2.38 bits per heavy atom. The van der Waals surface area contributed by atoms with Gasteiger partial charge in [0.25, 0.3) is 0 Å². The molecule has 7 heteroatoms. The summed E-state index contributed by atoms with van der Waals surface area (Å²) < 4.78 is 37.8. The van der Waals surface area contributed by atoms with Gasteiger partial charge in [-0.15, -0.1) is 0 Å². The van der Waals surface area contributed by atoms with Crippen LogP contribution in [-0.4, -0.2) is 19.1 Å². The van der Waals surface area contributed by atoms with Crippen molar-refractivity contribution in [2.45, 2.75) is 6.18 Å². The molecule has 86 valence electrons. The van der Waals surface area contributed by atoms with E-state index in [0.29, 0.717) is 0 Å². The third-order valence-electron chi connectivity index (χ3n) is 1.84. The van der Waals surface area contributed by atoms with Crippen molar-refractivity contribution >= 4 is 17.4 Å². The summed E-state index contributed by atoms with van der Waals surface area (Å²) >= 11 is 5.52. The van der Waals surface area contributed by atoms with Gasteiger partial charge in [0.1, 0.15) is 22.6 Å². The molecule has 0 saturated heterocycles. The monoisotopic (exact) mass is 249 g/mol. The van der Waals surface area contributed by atoms with E-state index in [4.69, 9.17) is 16.9 Å². The number of nitriles is 1. The van der Waals surface area contributed by atoms with Gasteiger partial charge in [-0.05, 0) is 6.07 Å². The SMILES string of the molecule is CN(C)c1cc(C(F)(F)F)c(C#N)c(Cl)n1. The molecule has 1 aromatic rings. The molecule has 0 aliphatic heterocycles. The van der Waals surface area contributed by atoms with Gasteiger partial charge >= 0.3 is 6.18 Å². The van der Waals surface area contributed by atoms with Gasteiger partial charge in [0.15, 0.2) is 0 Å². The van der Waals surface area contributed by atoms with E-state index < -0.39 is 22.5 Å². The standard InChI is InChI=1S/C9H7ClF3N3/c1-16(2)7-3-6(9(11,12)13)5(4-14)8(10)15-7/h3H,1-2H3. The van der Waals surface area contributed by atoms with Gasteiger partial charge in [0.05, 0.1) is 5.56 Å². The Morgan fingerprint density at radius 2 is 2.00 bits per heavy atom. The largest absolute Gasteiger partial charge is 0.417 e. The van der Waals surface area contributed by atoms with E-state index in [9.17, 15) is 13.2 Å². The van der Waals surface area contributed by atoms with Crippen molar-refractivity contribution in [3.63, 3.8) is 0 Å². The fourth-order valence-corrected chi connectivity index (χ4v) is 1.29. The van der Waals surface area contributed by atoms with Crippen LogP contribution in [-0.2, 0) is 6.18 Å². The lowest BCUT2D eigenvalue weighted by Crippen LogP contribution is -2.15. The Hall–Kier alpha value is -1.48. The fraction of sp³-hybridized carbons (Fsp3) is 0.333. The minimum absolute atomic E-state index is 0.0522. The Kier molecular flexibility index (Phi) is 3.29. The van der Waals surface area contributed by atoms with Crippen molar-refractivity contribution in [3.05, 3.63) is 22.3 Å². The predicted octanol–water partition coefficient (Wildman–Crippen LogP) is 2.69. The molecule has 0 fully saturated rings. The summed E-state index contributed by atoms with van der Waals surface area (Å²) in [4.78, 5) is 5.06. The third kappa shape index (κ3) is 2.36. The average molecular weight is 250 g/mol. The molecule has 1 rings (SSSR count). The molecule has 0 amide bonds. The van der Waals surface area contributed by atoms with Crippen LogP contribution in [0, 0.1) is 11.3 Å². The Labute approximate surface area is 95.1 Å². The van der Waals surface area contributed by atoms with Crippen molar-refractivity contribution in [2.24, 2.45) is 0 Å². The zero-order valence-corrected chi connectivity index (χ0v) is 9.19. The Balaban J connectivity index is 3.51. The highest BCUT2D eigenvalue weighted by molar-refractivity contribution is 6.30. The first kappa shape index (κ1) is 12.6. The molecule has 3 nitrogen and oxygen atoms in total. The van der Waals surface area contributed by atoms with Crippen molar-refractivity contribution < 1.29 is 13.2 Å². The van der Waals surface area contributed by atoms with Gasteiger partial charge < -0.3 is 4.90 Å². The molecular formula is C9H7ClF3N3. The van der Waals surface area contributed by atoms with Crippen LogP contribution in [0.3, 0.4) is 0 Å². The average Bonchev–Trinajstić information content (AvgIpc) is 2.14. The highest BCUT2D eigenvalue weighted by Crippen LogP contribution is 2.35. The summed E-state index contributed by atoms with van der Waals surface area (Å²) in [6, 6.07) is 2.20. The number of hydrogen-bond donors (Lipinski definition) is 0. The van der Waals surface area contributed by atoms with E-state index in [0.717, 1.165) is 6.07 Å². The van der Waals surface area contributed by atoms with Gasteiger partial charge in [-0.25, -0.2) is 4.98 Å². The first-order valence-corrected chi connectivity index (χ1v) is 4.50. The zero-order valence-electron chi connectivity index (χ0n) is 8.43. The normalized spacial score (nSPS) is 11.1. The minimum atomic E-state index is -4.62. The molecule has 0 unspecified atom stereocenters. The number of halogens is 4. The molecule has 0 atom stereocenters. The van der Waals surface area contributed by atoms with Crippen LogP contribution in [0.15, 0.2) is 6.07 Å². The van der Waals surface area contributed by atoms with Crippen LogP contribution in [0.1, 0.15) is 11.1 Å². The molecule has 0 aliphatic carbocycles. The second kappa shape index (κ2) is 4.18. The quantitative estimate of drug-likeness (QED) is 0.719. The molecule has 0 aliphatic rings. The zero-order chi connectivity index (χ0) is 12.5. The molecule has 0 aromatic carbocycles. The van der Waals surface area contributed by atoms with E-state index in [-0.39, 0.29) is 5.82 Å². The summed E-state index contributed by atoms with van der Waals surface area (Å²) in [6.45, 7) is 0. The molecule has 0 saturated carbocycles. The Bertz CT molecular complexity index is 449. The number of nitrogens with zero attached hydrogens (tertiary/aromatic N) is 3. The van der Waals surface area contributed by atoms with E-state index in [2.05, 4.69) is 4.98 Å². The van der Waals surface area contributed by atoms with Crippen LogP contribution in [0.25, 0.3) is 0 Å². The second-order valence-corrected chi connectivity index (χ2v) is 3.56. The first-order valence-electron chi connectivity index (χ1n) is 4.12. The van der Waals surface area contributed by atoms with E-state index >= 15 is 0 Å². The summed E-state index contributed by atoms with van der Waals surface area (Å²) in [5.41, 5.74) is -1.72. The topological polar surface area (TPSA) is 39.9 Å². The molecular weight excluding hydrogens is 243 g/mol.